The highest BCUT2D eigenvalue weighted by Crippen LogP contribution is 2.31. The van der Waals surface area contributed by atoms with Crippen LogP contribution in [0.3, 0.4) is 0 Å². The zero-order chi connectivity index (χ0) is 16.5. The highest BCUT2D eigenvalue weighted by molar-refractivity contribution is 5.73. The van der Waals surface area contributed by atoms with E-state index in [2.05, 4.69) is 5.32 Å². The van der Waals surface area contributed by atoms with Crippen LogP contribution in [-0.2, 0) is 14.3 Å². The molecule has 0 atom stereocenters. The molecule has 1 amide bonds. The third-order valence-corrected chi connectivity index (χ3v) is 4.07. The van der Waals surface area contributed by atoms with Gasteiger partial charge in [-0.05, 0) is 33.6 Å². The first-order valence-electron chi connectivity index (χ1n) is 7.63. The van der Waals surface area contributed by atoms with Gasteiger partial charge in [-0.1, -0.05) is 0 Å². The quantitative estimate of drug-likeness (QED) is 0.793. The number of ether oxygens (including phenoxy) is 2. The van der Waals surface area contributed by atoms with E-state index in [0.29, 0.717) is 13.1 Å². The number of likely N-dealkylation sites (tertiary alicyclic amines) is 1. The fourth-order valence-corrected chi connectivity index (χ4v) is 2.99. The number of nitrogens with zero attached hydrogens (tertiary/aromatic N) is 1. The van der Waals surface area contributed by atoms with Crippen LogP contribution >= 0.6 is 0 Å². The molecule has 2 fully saturated rings. The van der Waals surface area contributed by atoms with E-state index in [0.717, 1.165) is 12.8 Å². The molecular formula is C15H26N2O5. The number of carboxylic acid groups (broad SMARTS) is 1. The first-order chi connectivity index (χ1) is 10.1. The van der Waals surface area contributed by atoms with Crippen LogP contribution in [-0.4, -0.2) is 65.6 Å². The molecule has 22 heavy (non-hydrogen) atoms. The van der Waals surface area contributed by atoms with E-state index in [-0.39, 0.29) is 18.6 Å². The van der Waals surface area contributed by atoms with Crippen LogP contribution in [0.4, 0.5) is 4.79 Å². The molecule has 7 nitrogen and oxygen atoms in total. The summed E-state index contributed by atoms with van der Waals surface area (Å²) < 4.78 is 10.5. The number of aliphatic carboxylic acids is 1. The number of methoxy groups -OCH3 is 1. The third kappa shape index (κ3) is 4.10. The monoisotopic (exact) mass is 314 g/mol. The highest BCUT2D eigenvalue weighted by Gasteiger charge is 2.50. The highest BCUT2D eigenvalue weighted by atomic mass is 16.6. The van der Waals surface area contributed by atoms with Gasteiger partial charge < -0.3 is 24.8 Å². The molecule has 0 unspecified atom stereocenters. The molecule has 1 saturated carbocycles. The van der Waals surface area contributed by atoms with Gasteiger partial charge in [0.1, 0.15) is 5.60 Å². The summed E-state index contributed by atoms with van der Waals surface area (Å²) in [6.07, 6.45) is 1.62. The lowest BCUT2D eigenvalue weighted by Crippen LogP contribution is -2.74. The largest absolute Gasteiger partial charge is 0.481 e. The van der Waals surface area contributed by atoms with E-state index in [4.69, 9.17) is 14.6 Å². The van der Waals surface area contributed by atoms with Gasteiger partial charge in [0, 0.05) is 26.2 Å². The molecule has 1 aliphatic carbocycles. The maximum atomic E-state index is 12.0. The number of amides is 1. The SMILES string of the molecule is COC1CC(NC2(CC(=O)O)CN(C(=O)OC(C)(C)C)C2)C1. The molecular weight excluding hydrogens is 288 g/mol. The maximum Gasteiger partial charge on any atom is 0.410 e. The molecule has 2 N–H and O–H groups in total. The van der Waals surface area contributed by atoms with Crippen molar-refractivity contribution < 1.29 is 24.2 Å². The predicted molar refractivity (Wildman–Crippen MR) is 79.7 cm³/mol. The number of carbonyl (C=O) groups excluding carboxylic acids is 1. The van der Waals surface area contributed by atoms with Crippen LogP contribution in [0.1, 0.15) is 40.0 Å². The number of hydrogen-bond donors (Lipinski definition) is 2. The maximum absolute atomic E-state index is 12.0. The van der Waals surface area contributed by atoms with Gasteiger partial charge in [0.05, 0.1) is 18.1 Å². The Morgan fingerprint density at radius 3 is 2.36 bits per heavy atom. The number of carbonyl (C=O) groups is 2. The molecule has 1 aliphatic heterocycles. The Labute approximate surface area is 130 Å². The molecule has 0 aromatic carbocycles. The first kappa shape index (κ1) is 17.0. The number of nitrogens with one attached hydrogen (secondary N) is 1. The van der Waals surface area contributed by atoms with Gasteiger partial charge in [0.25, 0.3) is 0 Å². The molecule has 2 aliphatic rings. The van der Waals surface area contributed by atoms with E-state index in [1.165, 1.54) is 0 Å². The third-order valence-electron chi connectivity index (χ3n) is 4.07. The van der Waals surface area contributed by atoms with Crippen molar-refractivity contribution in [2.45, 2.75) is 63.3 Å². The zero-order valence-electron chi connectivity index (χ0n) is 13.7. The summed E-state index contributed by atoms with van der Waals surface area (Å²) in [5.41, 5.74) is -1.10. The minimum Gasteiger partial charge on any atom is -0.481 e. The molecule has 0 aromatic rings. The Morgan fingerprint density at radius 2 is 1.91 bits per heavy atom. The summed E-state index contributed by atoms with van der Waals surface area (Å²) in [5, 5.41) is 12.5. The van der Waals surface area contributed by atoms with Gasteiger partial charge >= 0.3 is 12.1 Å². The minimum absolute atomic E-state index is 0.000443. The lowest BCUT2D eigenvalue weighted by atomic mass is 9.81. The second-order valence-corrected chi connectivity index (χ2v) is 7.36. The molecule has 0 bridgehead atoms. The number of carboxylic acids is 1. The van der Waals surface area contributed by atoms with Gasteiger partial charge in [-0.3, -0.25) is 4.79 Å². The molecule has 0 spiro atoms. The second kappa shape index (κ2) is 6.04. The van der Waals surface area contributed by atoms with Crippen molar-refractivity contribution in [3.05, 3.63) is 0 Å². The van der Waals surface area contributed by atoms with E-state index < -0.39 is 23.2 Å². The normalized spacial score (nSPS) is 26.8. The number of rotatable bonds is 5. The fraction of sp³-hybridized carbons (Fsp3) is 0.867. The minimum atomic E-state index is -0.862. The summed E-state index contributed by atoms with van der Waals surface area (Å²) in [4.78, 5) is 24.7. The van der Waals surface area contributed by atoms with Crippen LogP contribution < -0.4 is 5.32 Å². The summed E-state index contributed by atoms with van der Waals surface area (Å²) in [5.74, 6) is -0.862. The van der Waals surface area contributed by atoms with E-state index in [9.17, 15) is 9.59 Å². The average molecular weight is 314 g/mol. The first-order valence-corrected chi connectivity index (χ1v) is 7.63. The predicted octanol–water partition coefficient (Wildman–Crippen LogP) is 1.22. The standard InChI is InChI=1S/C15H26N2O5/c1-14(2,3)22-13(20)17-8-15(9-17,7-12(18)19)16-10-5-11(6-10)21-4/h10-11,16H,5-9H2,1-4H3,(H,18,19). The Kier molecular flexibility index (Phi) is 4.67. The molecule has 2 rings (SSSR count). The van der Waals surface area contributed by atoms with Crippen LogP contribution in [0.2, 0.25) is 0 Å². The van der Waals surface area contributed by atoms with E-state index in [1.54, 1.807) is 12.0 Å². The molecule has 7 heteroatoms. The van der Waals surface area contributed by atoms with Gasteiger partial charge in [-0.2, -0.15) is 0 Å². The molecule has 0 radical (unpaired) electrons. The van der Waals surface area contributed by atoms with Crippen molar-refractivity contribution in [3.8, 4) is 0 Å². The Balaban J connectivity index is 1.88. The van der Waals surface area contributed by atoms with Crippen molar-refractivity contribution in [2.24, 2.45) is 0 Å². The van der Waals surface area contributed by atoms with Crippen molar-refractivity contribution in [1.82, 2.24) is 10.2 Å². The smallest absolute Gasteiger partial charge is 0.410 e. The Bertz CT molecular complexity index is 434. The fourth-order valence-electron chi connectivity index (χ4n) is 2.99. The van der Waals surface area contributed by atoms with E-state index >= 15 is 0 Å². The van der Waals surface area contributed by atoms with Crippen molar-refractivity contribution in [1.29, 1.82) is 0 Å². The van der Waals surface area contributed by atoms with Crippen molar-refractivity contribution >= 4 is 12.1 Å². The van der Waals surface area contributed by atoms with E-state index in [1.807, 2.05) is 20.8 Å². The lowest BCUT2D eigenvalue weighted by Gasteiger charge is -2.53. The lowest BCUT2D eigenvalue weighted by molar-refractivity contribution is -0.141. The van der Waals surface area contributed by atoms with Gasteiger partial charge in [-0.25, -0.2) is 4.79 Å². The Hall–Kier alpha value is -1.34. The van der Waals surface area contributed by atoms with Crippen LogP contribution in [0.25, 0.3) is 0 Å². The summed E-state index contributed by atoms with van der Waals surface area (Å²) >= 11 is 0. The zero-order valence-corrected chi connectivity index (χ0v) is 13.7. The average Bonchev–Trinajstić information content (AvgIpc) is 2.25. The van der Waals surface area contributed by atoms with Crippen LogP contribution in [0.5, 0.6) is 0 Å². The molecule has 126 valence electrons. The second-order valence-electron chi connectivity index (χ2n) is 7.36. The summed E-state index contributed by atoms with van der Waals surface area (Å²) in [6.45, 7) is 6.16. The topological polar surface area (TPSA) is 88.1 Å². The number of hydrogen-bond acceptors (Lipinski definition) is 5. The van der Waals surface area contributed by atoms with Gasteiger partial charge in [-0.15, -0.1) is 0 Å². The van der Waals surface area contributed by atoms with Crippen molar-refractivity contribution in [2.75, 3.05) is 20.2 Å². The summed E-state index contributed by atoms with van der Waals surface area (Å²) in [6, 6.07) is 0.255. The van der Waals surface area contributed by atoms with Crippen LogP contribution in [0, 0.1) is 0 Å². The van der Waals surface area contributed by atoms with Gasteiger partial charge in [0.15, 0.2) is 0 Å². The summed E-state index contributed by atoms with van der Waals surface area (Å²) in [7, 11) is 1.68. The molecule has 1 saturated heterocycles. The Morgan fingerprint density at radius 1 is 1.32 bits per heavy atom. The van der Waals surface area contributed by atoms with Crippen LogP contribution in [0.15, 0.2) is 0 Å². The molecule has 0 aromatic heterocycles. The molecule has 1 heterocycles. The van der Waals surface area contributed by atoms with Gasteiger partial charge in [0.2, 0.25) is 0 Å². The van der Waals surface area contributed by atoms with Crippen molar-refractivity contribution in [3.63, 3.8) is 0 Å².